The van der Waals surface area contributed by atoms with E-state index < -0.39 is 16.6 Å². The lowest BCUT2D eigenvalue weighted by atomic mass is 10.1. The molecule has 2 N–H and O–H groups in total. The van der Waals surface area contributed by atoms with Crippen LogP contribution in [-0.4, -0.2) is 21.0 Å². The van der Waals surface area contributed by atoms with Crippen LogP contribution in [0.5, 0.6) is 0 Å². The number of aromatic carboxylic acids is 1. The summed E-state index contributed by atoms with van der Waals surface area (Å²) in [5.41, 5.74) is 0.0647. The molecule has 0 atom stereocenters. The van der Waals surface area contributed by atoms with Crippen LogP contribution in [0.4, 0.5) is 16.5 Å². The molecule has 0 aliphatic heterocycles. The summed E-state index contributed by atoms with van der Waals surface area (Å²) in [6.07, 6.45) is 0. The van der Waals surface area contributed by atoms with Crippen molar-refractivity contribution in [3.05, 3.63) is 45.0 Å². The number of carboxylic acid groups (broad SMARTS) is 1. The Hall–Kier alpha value is -2.48. The molecule has 0 saturated heterocycles. The van der Waals surface area contributed by atoms with Gasteiger partial charge in [0.2, 0.25) is 0 Å². The topological polar surface area (TPSA) is 105 Å². The van der Waals surface area contributed by atoms with Crippen LogP contribution in [0.15, 0.2) is 23.6 Å². The Morgan fingerprint density at radius 3 is 2.79 bits per heavy atom. The van der Waals surface area contributed by atoms with Crippen molar-refractivity contribution in [2.45, 2.75) is 6.92 Å². The van der Waals surface area contributed by atoms with E-state index in [0.717, 1.165) is 5.69 Å². The highest BCUT2D eigenvalue weighted by atomic mass is 32.1. The summed E-state index contributed by atoms with van der Waals surface area (Å²) in [4.78, 5) is 25.4. The van der Waals surface area contributed by atoms with Crippen LogP contribution in [0.3, 0.4) is 0 Å². The van der Waals surface area contributed by atoms with Crippen molar-refractivity contribution < 1.29 is 14.8 Å². The molecule has 1 aromatic carbocycles. The molecular formula is C11H9N3O4S. The van der Waals surface area contributed by atoms with Gasteiger partial charge in [0.1, 0.15) is 11.3 Å². The van der Waals surface area contributed by atoms with Crippen LogP contribution in [0.2, 0.25) is 0 Å². The largest absolute Gasteiger partial charge is 0.477 e. The summed E-state index contributed by atoms with van der Waals surface area (Å²) in [6, 6.07) is 4.08. The molecule has 2 aromatic rings. The van der Waals surface area contributed by atoms with Crippen molar-refractivity contribution in [2.24, 2.45) is 0 Å². The summed E-state index contributed by atoms with van der Waals surface area (Å²) in [5.74, 6) is -1.34. The van der Waals surface area contributed by atoms with Crippen LogP contribution in [0.25, 0.3) is 0 Å². The minimum atomic E-state index is -1.34. The molecule has 7 nitrogen and oxygen atoms in total. The maximum absolute atomic E-state index is 11.0. The highest BCUT2D eigenvalue weighted by molar-refractivity contribution is 7.13. The minimum Gasteiger partial charge on any atom is -0.477 e. The molecule has 0 spiro atoms. The number of carboxylic acids is 1. The van der Waals surface area contributed by atoms with Crippen LogP contribution in [-0.2, 0) is 0 Å². The van der Waals surface area contributed by atoms with Gasteiger partial charge in [-0.3, -0.25) is 10.1 Å². The van der Waals surface area contributed by atoms with Crippen LogP contribution in [0.1, 0.15) is 16.1 Å². The number of aryl methyl sites for hydroxylation is 1. The molecule has 0 fully saturated rings. The second-order valence-electron chi connectivity index (χ2n) is 3.68. The van der Waals surface area contributed by atoms with Gasteiger partial charge in [-0.2, -0.15) is 0 Å². The Kier molecular flexibility index (Phi) is 3.43. The molecule has 19 heavy (non-hydrogen) atoms. The summed E-state index contributed by atoms with van der Waals surface area (Å²) in [5, 5.41) is 25.0. The second kappa shape index (κ2) is 5.02. The van der Waals surface area contributed by atoms with Crippen molar-refractivity contribution in [2.75, 3.05) is 5.32 Å². The lowest BCUT2D eigenvalue weighted by Gasteiger charge is -2.05. The summed E-state index contributed by atoms with van der Waals surface area (Å²) in [6.45, 7) is 1.80. The number of nitro benzene ring substituents is 1. The molecule has 0 bridgehead atoms. The number of hydrogen-bond donors (Lipinski definition) is 2. The fraction of sp³-hybridized carbons (Fsp3) is 0.0909. The van der Waals surface area contributed by atoms with Gasteiger partial charge in [-0.1, -0.05) is 6.07 Å². The first kappa shape index (κ1) is 13.0. The number of carbonyl (C=O) groups is 1. The second-order valence-corrected chi connectivity index (χ2v) is 4.54. The zero-order valence-corrected chi connectivity index (χ0v) is 10.6. The number of aromatic nitrogens is 1. The van der Waals surface area contributed by atoms with E-state index in [-0.39, 0.29) is 11.3 Å². The van der Waals surface area contributed by atoms with Crippen molar-refractivity contribution in [1.82, 2.24) is 4.98 Å². The van der Waals surface area contributed by atoms with E-state index >= 15 is 0 Å². The molecule has 98 valence electrons. The van der Waals surface area contributed by atoms with Crippen molar-refractivity contribution in [1.29, 1.82) is 0 Å². The average Bonchev–Trinajstić information content (AvgIpc) is 2.74. The molecule has 1 heterocycles. The number of nitrogens with one attached hydrogen (secondary N) is 1. The van der Waals surface area contributed by atoms with E-state index in [9.17, 15) is 14.9 Å². The Labute approximate surface area is 111 Å². The Morgan fingerprint density at radius 2 is 2.26 bits per heavy atom. The van der Waals surface area contributed by atoms with E-state index in [1.807, 2.05) is 0 Å². The first-order valence-corrected chi connectivity index (χ1v) is 6.07. The normalized spacial score (nSPS) is 10.2. The number of nitro groups is 1. The van der Waals surface area contributed by atoms with Gasteiger partial charge in [0.25, 0.3) is 0 Å². The zero-order chi connectivity index (χ0) is 14.0. The highest BCUT2D eigenvalue weighted by Gasteiger charge is 2.24. The summed E-state index contributed by atoms with van der Waals surface area (Å²) in [7, 11) is 0. The number of benzene rings is 1. The molecule has 8 heteroatoms. The third-order valence-corrected chi connectivity index (χ3v) is 3.19. The van der Waals surface area contributed by atoms with Gasteiger partial charge < -0.3 is 10.4 Å². The number of rotatable bonds is 4. The molecule has 1 aromatic heterocycles. The van der Waals surface area contributed by atoms with Crippen LogP contribution in [0, 0.1) is 17.0 Å². The third kappa shape index (κ3) is 2.68. The number of thiazole rings is 1. The number of anilines is 2. The van der Waals surface area contributed by atoms with E-state index in [1.165, 1.54) is 29.5 Å². The fourth-order valence-electron chi connectivity index (χ4n) is 1.54. The van der Waals surface area contributed by atoms with Gasteiger partial charge >= 0.3 is 11.7 Å². The standard InChI is InChI=1S/C11H9N3O4S/c1-6-5-19-11(12-6)13-8-4-2-3-7(10(15)16)9(8)14(17)18/h2-5H,1H3,(H,12,13)(H,15,16). The first-order chi connectivity index (χ1) is 8.99. The van der Waals surface area contributed by atoms with E-state index in [0.29, 0.717) is 5.13 Å². The predicted molar refractivity (Wildman–Crippen MR) is 70.2 cm³/mol. The molecule has 0 amide bonds. The molecule has 0 aliphatic rings. The van der Waals surface area contributed by atoms with Crippen LogP contribution < -0.4 is 5.32 Å². The molecule has 0 saturated carbocycles. The Balaban J connectivity index is 2.47. The Bertz CT molecular complexity index is 653. The molecule has 0 radical (unpaired) electrons. The van der Waals surface area contributed by atoms with E-state index in [1.54, 1.807) is 12.3 Å². The number of hydrogen-bond acceptors (Lipinski definition) is 6. The van der Waals surface area contributed by atoms with Gasteiger partial charge in [-0.25, -0.2) is 9.78 Å². The molecule has 0 unspecified atom stereocenters. The van der Waals surface area contributed by atoms with Crippen LogP contribution >= 0.6 is 11.3 Å². The fourth-order valence-corrected chi connectivity index (χ4v) is 2.24. The molecule has 2 rings (SSSR count). The van der Waals surface area contributed by atoms with Gasteiger partial charge in [0, 0.05) is 5.38 Å². The average molecular weight is 279 g/mol. The maximum Gasteiger partial charge on any atom is 0.342 e. The van der Waals surface area contributed by atoms with Gasteiger partial charge in [0.05, 0.1) is 10.6 Å². The first-order valence-electron chi connectivity index (χ1n) is 5.19. The van der Waals surface area contributed by atoms with Gasteiger partial charge in [-0.15, -0.1) is 11.3 Å². The zero-order valence-electron chi connectivity index (χ0n) is 9.78. The van der Waals surface area contributed by atoms with Gasteiger partial charge in [0.15, 0.2) is 5.13 Å². The maximum atomic E-state index is 11.0. The van der Waals surface area contributed by atoms with E-state index in [4.69, 9.17) is 5.11 Å². The monoisotopic (exact) mass is 279 g/mol. The van der Waals surface area contributed by atoms with Crippen molar-refractivity contribution in [3.63, 3.8) is 0 Å². The lowest BCUT2D eigenvalue weighted by Crippen LogP contribution is -2.05. The molecular weight excluding hydrogens is 270 g/mol. The van der Waals surface area contributed by atoms with Crippen molar-refractivity contribution >= 4 is 33.8 Å². The number of nitrogens with zero attached hydrogens (tertiary/aromatic N) is 2. The van der Waals surface area contributed by atoms with Crippen molar-refractivity contribution in [3.8, 4) is 0 Å². The quantitative estimate of drug-likeness (QED) is 0.658. The molecule has 0 aliphatic carbocycles. The highest BCUT2D eigenvalue weighted by Crippen LogP contribution is 2.32. The summed E-state index contributed by atoms with van der Waals surface area (Å²) < 4.78 is 0. The summed E-state index contributed by atoms with van der Waals surface area (Å²) >= 11 is 1.29. The Morgan fingerprint density at radius 1 is 1.53 bits per heavy atom. The van der Waals surface area contributed by atoms with E-state index in [2.05, 4.69) is 10.3 Å². The predicted octanol–water partition coefficient (Wildman–Crippen LogP) is 2.80. The third-order valence-electron chi connectivity index (χ3n) is 2.31. The minimum absolute atomic E-state index is 0.110. The smallest absolute Gasteiger partial charge is 0.342 e. The van der Waals surface area contributed by atoms with Gasteiger partial charge in [-0.05, 0) is 19.1 Å². The number of para-hydroxylation sites is 1. The lowest BCUT2D eigenvalue weighted by molar-refractivity contribution is -0.384. The SMILES string of the molecule is Cc1csc(Nc2cccc(C(=O)O)c2[N+](=O)[O-])n1.